The van der Waals surface area contributed by atoms with E-state index >= 15 is 0 Å². The summed E-state index contributed by atoms with van der Waals surface area (Å²) in [6.07, 6.45) is 3.59. The Balaban J connectivity index is 2.79. The van der Waals surface area contributed by atoms with Crippen molar-refractivity contribution in [2.75, 3.05) is 6.61 Å². The molecule has 1 nitrogen and oxygen atoms in total. The number of rotatable bonds is 2. The minimum Gasteiger partial charge on any atom is -0.392 e. The summed E-state index contributed by atoms with van der Waals surface area (Å²) < 4.78 is 1.05. The van der Waals surface area contributed by atoms with Crippen molar-refractivity contribution in [2.45, 2.75) is 0 Å². The zero-order chi connectivity index (χ0) is 8.10. The first-order valence-corrected chi connectivity index (χ1v) is 4.15. The molecule has 11 heavy (non-hydrogen) atoms. The fourth-order valence-electron chi connectivity index (χ4n) is 0.799. The highest BCUT2D eigenvalue weighted by Crippen LogP contribution is 2.12. The lowest BCUT2D eigenvalue weighted by Crippen LogP contribution is -1.73. The summed E-state index contributed by atoms with van der Waals surface area (Å²) in [6.45, 7) is 0.0898. The Labute approximate surface area is 74.5 Å². The van der Waals surface area contributed by atoms with Crippen molar-refractivity contribution in [3.63, 3.8) is 0 Å². The molecule has 0 aliphatic rings. The Morgan fingerprint density at radius 3 is 2.91 bits per heavy atom. The zero-order valence-electron chi connectivity index (χ0n) is 6.00. The second-order valence-electron chi connectivity index (χ2n) is 2.14. The first-order valence-electron chi connectivity index (χ1n) is 3.36. The minimum atomic E-state index is 0.0898. The van der Waals surface area contributed by atoms with Crippen LogP contribution in [0.2, 0.25) is 0 Å². The molecule has 0 aliphatic carbocycles. The van der Waals surface area contributed by atoms with Gasteiger partial charge in [-0.3, -0.25) is 0 Å². The lowest BCUT2D eigenvalue weighted by Gasteiger charge is -1.92. The van der Waals surface area contributed by atoms with Gasteiger partial charge in [0.05, 0.1) is 6.61 Å². The fourth-order valence-corrected chi connectivity index (χ4v) is 1.22. The van der Waals surface area contributed by atoms with Crippen LogP contribution in [0.15, 0.2) is 34.8 Å². The predicted molar refractivity (Wildman–Crippen MR) is 50.3 cm³/mol. The molecule has 0 fully saturated rings. The van der Waals surface area contributed by atoms with Gasteiger partial charge < -0.3 is 5.11 Å². The van der Waals surface area contributed by atoms with Gasteiger partial charge in [-0.25, -0.2) is 0 Å². The summed E-state index contributed by atoms with van der Waals surface area (Å²) in [6, 6.07) is 7.90. The number of aliphatic hydroxyl groups is 1. The third-order valence-electron chi connectivity index (χ3n) is 1.26. The molecule has 0 spiro atoms. The maximum atomic E-state index is 8.50. The molecule has 0 unspecified atom stereocenters. The van der Waals surface area contributed by atoms with E-state index in [1.165, 1.54) is 0 Å². The molecule has 0 saturated carbocycles. The van der Waals surface area contributed by atoms with Gasteiger partial charge in [-0.15, -0.1) is 0 Å². The smallest absolute Gasteiger partial charge is 0.0615 e. The molecule has 0 amide bonds. The third kappa shape index (κ3) is 2.87. The molecule has 2 heteroatoms. The van der Waals surface area contributed by atoms with Gasteiger partial charge in [-0.1, -0.05) is 40.2 Å². The molecule has 0 bridgehead atoms. The molecule has 0 atom stereocenters. The highest BCUT2D eigenvalue weighted by atomic mass is 79.9. The number of halogens is 1. The van der Waals surface area contributed by atoms with Crippen molar-refractivity contribution < 1.29 is 5.11 Å². The number of benzene rings is 1. The number of hydrogen-bond acceptors (Lipinski definition) is 1. The van der Waals surface area contributed by atoms with Crippen LogP contribution < -0.4 is 0 Å². The standard InChI is InChI=1S/C9H9BrO/c10-9-5-1-3-8(7-9)4-2-6-11/h1-5,7,11H,6H2/b4-2-. The van der Waals surface area contributed by atoms with Crippen LogP contribution in [0.4, 0.5) is 0 Å². The van der Waals surface area contributed by atoms with Gasteiger partial charge in [0.25, 0.3) is 0 Å². The molecule has 0 saturated heterocycles. The lowest BCUT2D eigenvalue weighted by atomic mass is 10.2. The minimum absolute atomic E-state index is 0.0898. The normalized spacial score (nSPS) is 10.7. The Morgan fingerprint density at radius 2 is 2.27 bits per heavy atom. The van der Waals surface area contributed by atoms with E-state index < -0.39 is 0 Å². The van der Waals surface area contributed by atoms with E-state index in [4.69, 9.17) is 5.11 Å². The highest BCUT2D eigenvalue weighted by Gasteiger charge is 1.86. The van der Waals surface area contributed by atoms with Crippen LogP contribution in [0.5, 0.6) is 0 Å². The monoisotopic (exact) mass is 212 g/mol. The van der Waals surface area contributed by atoms with E-state index in [1.807, 2.05) is 30.3 Å². The summed E-state index contributed by atoms with van der Waals surface area (Å²) in [7, 11) is 0. The molecular formula is C9H9BrO. The van der Waals surface area contributed by atoms with E-state index in [0.29, 0.717) is 0 Å². The second kappa shape index (κ2) is 4.31. The fraction of sp³-hybridized carbons (Fsp3) is 0.111. The van der Waals surface area contributed by atoms with E-state index in [-0.39, 0.29) is 6.61 Å². The molecule has 1 rings (SSSR count). The molecule has 0 aromatic heterocycles. The van der Waals surface area contributed by atoms with E-state index in [0.717, 1.165) is 10.0 Å². The van der Waals surface area contributed by atoms with Crippen molar-refractivity contribution in [1.82, 2.24) is 0 Å². The number of hydrogen-bond donors (Lipinski definition) is 1. The van der Waals surface area contributed by atoms with Gasteiger partial charge in [0.15, 0.2) is 0 Å². The van der Waals surface area contributed by atoms with Crippen molar-refractivity contribution in [2.24, 2.45) is 0 Å². The second-order valence-corrected chi connectivity index (χ2v) is 3.06. The van der Waals surface area contributed by atoms with Gasteiger partial charge >= 0.3 is 0 Å². The summed E-state index contributed by atoms with van der Waals surface area (Å²) >= 11 is 3.36. The molecule has 1 N–H and O–H groups in total. The average Bonchev–Trinajstić information content (AvgIpc) is 2.01. The topological polar surface area (TPSA) is 20.2 Å². The van der Waals surface area contributed by atoms with Crippen molar-refractivity contribution in [3.8, 4) is 0 Å². The van der Waals surface area contributed by atoms with Crippen LogP contribution in [0.25, 0.3) is 6.08 Å². The van der Waals surface area contributed by atoms with Gasteiger partial charge in [0.2, 0.25) is 0 Å². The Bertz CT molecular complexity index is 255. The maximum Gasteiger partial charge on any atom is 0.0615 e. The van der Waals surface area contributed by atoms with Crippen LogP contribution in [0.3, 0.4) is 0 Å². The van der Waals surface area contributed by atoms with Crippen LogP contribution in [-0.4, -0.2) is 11.7 Å². The van der Waals surface area contributed by atoms with Crippen molar-refractivity contribution >= 4 is 22.0 Å². The first kappa shape index (κ1) is 8.50. The van der Waals surface area contributed by atoms with Gasteiger partial charge in [0, 0.05) is 4.47 Å². The van der Waals surface area contributed by atoms with Gasteiger partial charge in [-0.05, 0) is 17.7 Å². The van der Waals surface area contributed by atoms with Crippen LogP contribution in [-0.2, 0) is 0 Å². The zero-order valence-corrected chi connectivity index (χ0v) is 7.58. The van der Waals surface area contributed by atoms with Crippen LogP contribution >= 0.6 is 15.9 Å². The van der Waals surface area contributed by atoms with E-state index in [2.05, 4.69) is 15.9 Å². The molecule has 0 aliphatic heterocycles. The quantitative estimate of drug-likeness (QED) is 0.799. The summed E-state index contributed by atoms with van der Waals surface area (Å²) in [5, 5.41) is 8.50. The summed E-state index contributed by atoms with van der Waals surface area (Å²) in [5.74, 6) is 0. The van der Waals surface area contributed by atoms with Crippen LogP contribution in [0, 0.1) is 0 Å². The lowest BCUT2D eigenvalue weighted by molar-refractivity contribution is 0.343. The molecule has 1 aromatic rings. The SMILES string of the molecule is OC/C=C\c1cccc(Br)c1. The van der Waals surface area contributed by atoms with Gasteiger partial charge in [0.1, 0.15) is 0 Å². The molecule has 0 radical (unpaired) electrons. The molecular weight excluding hydrogens is 204 g/mol. The molecule has 58 valence electrons. The Hall–Kier alpha value is -0.600. The summed E-state index contributed by atoms with van der Waals surface area (Å²) in [4.78, 5) is 0. The largest absolute Gasteiger partial charge is 0.392 e. The third-order valence-corrected chi connectivity index (χ3v) is 1.76. The van der Waals surface area contributed by atoms with Crippen LogP contribution in [0.1, 0.15) is 5.56 Å². The maximum absolute atomic E-state index is 8.50. The van der Waals surface area contributed by atoms with Crippen molar-refractivity contribution in [3.05, 3.63) is 40.4 Å². The number of aliphatic hydroxyl groups excluding tert-OH is 1. The Kier molecular flexibility index (Phi) is 3.33. The molecule has 1 aromatic carbocycles. The average molecular weight is 213 g/mol. The molecule has 0 heterocycles. The highest BCUT2D eigenvalue weighted by molar-refractivity contribution is 9.10. The van der Waals surface area contributed by atoms with E-state index in [1.54, 1.807) is 6.08 Å². The van der Waals surface area contributed by atoms with Gasteiger partial charge in [-0.2, -0.15) is 0 Å². The first-order chi connectivity index (χ1) is 5.33. The summed E-state index contributed by atoms with van der Waals surface area (Å²) in [5.41, 5.74) is 1.09. The predicted octanol–water partition coefficient (Wildman–Crippen LogP) is 2.45. The Morgan fingerprint density at radius 1 is 1.45 bits per heavy atom. The van der Waals surface area contributed by atoms with E-state index in [9.17, 15) is 0 Å². The van der Waals surface area contributed by atoms with Crippen molar-refractivity contribution in [1.29, 1.82) is 0 Å².